The second-order valence-electron chi connectivity index (χ2n) is 14.1. The summed E-state index contributed by atoms with van der Waals surface area (Å²) in [5.41, 5.74) is 11.5. The average molecular weight is 645 g/mol. The van der Waals surface area contributed by atoms with Crippen LogP contribution in [0.4, 0.5) is 0 Å². The Bertz CT molecular complexity index is 2670. The van der Waals surface area contributed by atoms with Crippen LogP contribution >= 0.6 is 11.3 Å². The summed E-state index contributed by atoms with van der Waals surface area (Å²) in [5.74, 6) is 0. The van der Waals surface area contributed by atoms with E-state index in [4.69, 9.17) is 0 Å². The van der Waals surface area contributed by atoms with Gasteiger partial charge < -0.3 is 0 Å². The number of thiophene rings is 1. The number of hydrogen-bond acceptors (Lipinski definition) is 1. The second kappa shape index (κ2) is 11.6. The maximum Gasteiger partial charge on any atom is 0.0433 e. The van der Waals surface area contributed by atoms with Crippen LogP contribution < -0.4 is 0 Å². The molecule has 234 valence electrons. The largest absolute Gasteiger partial charge is 0.135 e. The fourth-order valence-corrected chi connectivity index (χ4v) is 8.80. The molecule has 49 heavy (non-hydrogen) atoms. The highest BCUT2D eigenvalue weighted by Crippen LogP contribution is 2.46. The van der Waals surface area contributed by atoms with Crippen LogP contribution in [0.1, 0.15) is 26.3 Å². The molecular formula is C48H36S. The lowest BCUT2D eigenvalue weighted by Gasteiger charge is -2.21. The molecule has 0 atom stereocenters. The minimum Gasteiger partial charge on any atom is -0.135 e. The van der Waals surface area contributed by atoms with Gasteiger partial charge in [0, 0.05) is 20.2 Å². The maximum absolute atomic E-state index is 2.43. The molecule has 0 aliphatic rings. The third-order valence-electron chi connectivity index (χ3n) is 10.0. The van der Waals surface area contributed by atoms with Crippen LogP contribution in [0.2, 0.25) is 0 Å². The number of benzene rings is 8. The Kier molecular flexibility index (Phi) is 7.00. The van der Waals surface area contributed by atoms with Crippen molar-refractivity contribution in [1.29, 1.82) is 0 Å². The van der Waals surface area contributed by atoms with E-state index in [0.29, 0.717) is 0 Å². The number of hydrogen-bond donors (Lipinski definition) is 0. The first-order chi connectivity index (χ1) is 23.9. The lowest BCUT2D eigenvalue weighted by atomic mass is 9.83. The molecule has 0 bridgehead atoms. The zero-order valence-electron chi connectivity index (χ0n) is 28.0. The zero-order valence-corrected chi connectivity index (χ0v) is 28.8. The normalized spacial score (nSPS) is 12.0. The molecule has 0 radical (unpaired) electrons. The Labute approximate surface area is 291 Å². The van der Waals surface area contributed by atoms with Crippen molar-refractivity contribution in [3.63, 3.8) is 0 Å². The molecule has 0 amide bonds. The van der Waals surface area contributed by atoms with Crippen LogP contribution in [0.3, 0.4) is 0 Å². The summed E-state index contributed by atoms with van der Waals surface area (Å²) < 4.78 is 2.68. The topological polar surface area (TPSA) is 0 Å². The number of rotatable bonds is 4. The Hall–Kier alpha value is -5.50. The summed E-state index contributed by atoms with van der Waals surface area (Å²) in [6, 6.07) is 60.7. The molecule has 1 aromatic heterocycles. The van der Waals surface area contributed by atoms with E-state index in [1.807, 2.05) is 11.3 Å². The fraction of sp³-hybridized carbons (Fsp3) is 0.0833. The summed E-state index contributed by atoms with van der Waals surface area (Å²) in [4.78, 5) is 0. The van der Waals surface area contributed by atoms with Crippen LogP contribution in [-0.2, 0) is 5.41 Å². The minimum absolute atomic E-state index is 0.0954. The molecule has 1 heteroatoms. The van der Waals surface area contributed by atoms with Crippen molar-refractivity contribution in [2.75, 3.05) is 0 Å². The fourth-order valence-electron chi connectivity index (χ4n) is 7.56. The van der Waals surface area contributed by atoms with Gasteiger partial charge in [-0.3, -0.25) is 0 Å². The molecule has 0 nitrogen and oxygen atoms in total. The van der Waals surface area contributed by atoms with Crippen LogP contribution in [0.15, 0.2) is 164 Å². The summed E-state index contributed by atoms with van der Waals surface area (Å²) in [6.45, 7) is 6.84. The van der Waals surface area contributed by atoms with Gasteiger partial charge in [0.2, 0.25) is 0 Å². The Morgan fingerprint density at radius 1 is 0.367 bits per heavy atom. The molecule has 0 aliphatic carbocycles. The highest BCUT2D eigenvalue weighted by molar-refractivity contribution is 7.26. The van der Waals surface area contributed by atoms with Crippen molar-refractivity contribution in [3.05, 3.63) is 169 Å². The van der Waals surface area contributed by atoms with Gasteiger partial charge in [-0.05, 0) is 95.2 Å². The quantitative estimate of drug-likeness (QED) is 0.167. The smallest absolute Gasteiger partial charge is 0.0433 e. The monoisotopic (exact) mass is 644 g/mol. The van der Waals surface area contributed by atoms with Crippen molar-refractivity contribution in [2.45, 2.75) is 26.2 Å². The standard InChI is InChI=1S/C48H36S/c1-48(2,3)36-26-23-32(24-27-36)46-40-19-8-7-18-39(40)45(31-13-5-4-6-14-31)41-28-25-34(30-43(41)46)33-15-11-16-35(29-33)37-20-12-21-42-38-17-9-10-22-44(38)49-47(37)42/h4-30H,1-3H3. The van der Waals surface area contributed by atoms with Crippen molar-refractivity contribution in [3.8, 4) is 44.5 Å². The summed E-state index contributed by atoms with van der Waals surface area (Å²) in [7, 11) is 0. The average Bonchev–Trinajstić information content (AvgIpc) is 3.53. The maximum atomic E-state index is 2.43. The van der Waals surface area contributed by atoms with Gasteiger partial charge in [0.25, 0.3) is 0 Å². The molecule has 0 saturated heterocycles. The van der Waals surface area contributed by atoms with Gasteiger partial charge in [0.1, 0.15) is 0 Å². The number of fused-ring (bicyclic) bond motifs is 5. The van der Waals surface area contributed by atoms with E-state index in [9.17, 15) is 0 Å². The van der Waals surface area contributed by atoms with Crippen LogP contribution in [0, 0.1) is 0 Å². The predicted molar refractivity (Wildman–Crippen MR) is 215 cm³/mol. The van der Waals surface area contributed by atoms with Crippen molar-refractivity contribution < 1.29 is 0 Å². The van der Waals surface area contributed by atoms with E-state index in [0.717, 1.165) is 0 Å². The molecule has 8 aromatic carbocycles. The van der Waals surface area contributed by atoms with Crippen LogP contribution in [0.5, 0.6) is 0 Å². The highest BCUT2D eigenvalue weighted by Gasteiger charge is 2.19. The molecule has 0 aliphatic heterocycles. The van der Waals surface area contributed by atoms with Crippen molar-refractivity contribution >= 4 is 53.1 Å². The van der Waals surface area contributed by atoms with Gasteiger partial charge in [-0.1, -0.05) is 166 Å². The van der Waals surface area contributed by atoms with E-state index < -0.39 is 0 Å². The Morgan fingerprint density at radius 3 is 1.65 bits per heavy atom. The van der Waals surface area contributed by atoms with Gasteiger partial charge in [-0.2, -0.15) is 0 Å². The van der Waals surface area contributed by atoms with E-state index in [1.54, 1.807) is 0 Å². The Morgan fingerprint density at radius 2 is 0.898 bits per heavy atom. The summed E-state index contributed by atoms with van der Waals surface area (Å²) >= 11 is 1.89. The molecule has 1 heterocycles. The van der Waals surface area contributed by atoms with E-state index in [1.165, 1.54) is 91.8 Å². The first-order valence-corrected chi connectivity index (χ1v) is 17.9. The van der Waals surface area contributed by atoms with Gasteiger partial charge in [0.05, 0.1) is 0 Å². The highest BCUT2D eigenvalue weighted by atomic mass is 32.1. The van der Waals surface area contributed by atoms with E-state index in [-0.39, 0.29) is 5.41 Å². The molecule has 0 N–H and O–H groups in total. The van der Waals surface area contributed by atoms with Crippen molar-refractivity contribution in [1.82, 2.24) is 0 Å². The molecule has 9 rings (SSSR count). The van der Waals surface area contributed by atoms with Crippen LogP contribution in [-0.4, -0.2) is 0 Å². The van der Waals surface area contributed by atoms with Gasteiger partial charge in [-0.25, -0.2) is 0 Å². The molecule has 9 aromatic rings. The molecule has 0 saturated carbocycles. The van der Waals surface area contributed by atoms with Crippen LogP contribution in [0.25, 0.3) is 86.2 Å². The van der Waals surface area contributed by atoms with E-state index in [2.05, 4.69) is 185 Å². The molecule has 0 spiro atoms. The first-order valence-electron chi connectivity index (χ1n) is 17.1. The molecule has 0 fully saturated rings. The van der Waals surface area contributed by atoms with E-state index >= 15 is 0 Å². The summed E-state index contributed by atoms with van der Waals surface area (Å²) in [5, 5.41) is 7.77. The van der Waals surface area contributed by atoms with Gasteiger partial charge in [-0.15, -0.1) is 11.3 Å². The SMILES string of the molecule is CC(C)(C)c1ccc(-c2c3ccccc3c(-c3ccccc3)c3ccc(-c4cccc(-c5cccc6c5sc5ccccc56)c4)cc23)cc1. The molecule has 0 unspecified atom stereocenters. The summed E-state index contributed by atoms with van der Waals surface area (Å²) in [6.07, 6.45) is 0. The zero-order chi connectivity index (χ0) is 33.1. The third kappa shape index (κ3) is 5.05. The van der Waals surface area contributed by atoms with Gasteiger partial charge in [0.15, 0.2) is 0 Å². The first kappa shape index (κ1) is 29.6. The third-order valence-corrected chi connectivity index (χ3v) is 11.3. The van der Waals surface area contributed by atoms with Crippen molar-refractivity contribution in [2.24, 2.45) is 0 Å². The lowest BCUT2D eigenvalue weighted by molar-refractivity contribution is 0.590. The molecular weight excluding hydrogens is 609 g/mol. The lowest BCUT2D eigenvalue weighted by Crippen LogP contribution is -2.10. The Balaban J connectivity index is 1.28. The van der Waals surface area contributed by atoms with Gasteiger partial charge >= 0.3 is 0 Å². The minimum atomic E-state index is 0.0954. The second-order valence-corrected chi connectivity index (χ2v) is 15.2. The predicted octanol–water partition coefficient (Wildman–Crippen LogP) is 14.3.